The number of nitrogens with one attached hydrogen (secondary N) is 2. The van der Waals surface area contributed by atoms with Crippen LogP contribution < -0.4 is 15.4 Å². The summed E-state index contributed by atoms with van der Waals surface area (Å²) in [5, 5.41) is 13.8. The van der Waals surface area contributed by atoms with Gasteiger partial charge >= 0.3 is 0 Å². The van der Waals surface area contributed by atoms with Gasteiger partial charge in [0.15, 0.2) is 0 Å². The van der Waals surface area contributed by atoms with E-state index >= 15 is 0 Å². The number of amides is 2. The van der Waals surface area contributed by atoms with Gasteiger partial charge in [0.2, 0.25) is 17.7 Å². The van der Waals surface area contributed by atoms with Gasteiger partial charge in [-0.15, -0.1) is 10.2 Å². The summed E-state index contributed by atoms with van der Waals surface area (Å²) in [6.07, 6.45) is 0. The average molecular weight is 442 g/mol. The Morgan fingerprint density at radius 3 is 2.33 bits per heavy atom. The molecule has 0 aliphatic heterocycles. The minimum absolute atomic E-state index is 0.209. The summed E-state index contributed by atoms with van der Waals surface area (Å²) in [5.74, 6) is 0.746. The molecule has 1 heterocycles. The number of carbonyl (C=O) groups is 2. The molecule has 0 unspecified atom stereocenters. The molecule has 0 fully saturated rings. The minimum atomic E-state index is -0.328. The predicted octanol–water partition coefficient (Wildman–Crippen LogP) is 4.93. The van der Waals surface area contributed by atoms with Crippen molar-refractivity contribution in [3.05, 3.63) is 77.9 Å². The third kappa shape index (κ3) is 4.90. The fourth-order valence-electron chi connectivity index (χ4n) is 3.31. The zero-order chi connectivity index (χ0) is 23.4. The van der Waals surface area contributed by atoms with Gasteiger partial charge in [-0.2, -0.15) is 0 Å². The zero-order valence-corrected chi connectivity index (χ0v) is 18.4. The molecule has 33 heavy (non-hydrogen) atoms. The van der Waals surface area contributed by atoms with Crippen molar-refractivity contribution in [2.75, 3.05) is 17.7 Å². The molecule has 4 aromatic rings. The van der Waals surface area contributed by atoms with Crippen molar-refractivity contribution in [1.29, 1.82) is 0 Å². The molecule has 3 aromatic carbocycles. The van der Waals surface area contributed by atoms with Crippen molar-refractivity contribution >= 4 is 23.2 Å². The topological polar surface area (TPSA) is 106 Å². The molecule has 8 nitrogen and oxygen atoms in total. The highest BCUT2D eigenvalue weighted by Crippen LogP contribution is 2.29. The minimum Gasteiger partial charge on any atom is -0.495 e. The second-order valence-electron chi connectivity index (χ2n) is 7.36. The van der Waals surface area contributed by atoms with Crippen LogP contribution in [-0.4, -0.2) is 29.1 Å². The van der Waals surface area contributed by atoms with Gasteiger partial charge in [0.1, 0.15) is 5.75 Å². The number of carbonyl (C=O) groups excluding carboxylic acids is 2. The molecule has 0 aliphatic rings. The number of aromatic nitrogens is 2. The molecule has 0 atom stereocenters. The number of benzene rings is 3. The quantitative estimate of drug-likeness (QED) is 0.438. The molecule has 2 N–H and O–H groups in total. The summed E-state index contributed by atoms with van der Waals surface area (Å²) in [6, 6.07) is 19.6. The van der Waals surface area contributed by atoms with E-state index in [1.54, 1.807) is 42.5 Å². The molecule has 0 saturated carbocycles. The first-order valence-corrected chi connectivity index (χ1v) is 10.2. The van der Waals surface area contributed by atoms with Gasteiger partial charge < -0.3 is 19.8 Å². The van der Waals surface area contributed by atoms with Crippen LogP contribution in [0.5, 0.6) is 5.75 Å². The number of nitrogens with zero attached hydrogens (tertiary/aromatic N) is 2. The van der Waals surface area contributed by atoms with Gasteiger partial charge in [0, 0.05) is 29.3 Å². The molecule has 1 aromatic heterocycles. The van der Waals surface area contributed by atoms with Gasteiger partial charge in [0.25, 0.3) is 5.91 Å². The maximum absolute atomic E-state index is 12.8. The summed E-state index contributed by atoms with van der Waals surface area (Å²) < 4.78 is 11.1. The summed E-state index contributed by atoms with van der Waals surface area (Å²) >= 11 is 0. The van der Waals surface area contributed by atoms with E-state index < -0.39 is 0 Å². The van der Waals surface area contributed by atoms with Crippen LogP contribution in [-0.2, 0) is 4.79 Å². The van der Waals surface area contributed by atoms with Crippen LogP contribution in [0.25, 0.3) is 22.9 Å². The van der Waals surface area contributed by atoms with E-state index in [1.165, 1.54) is 14.0 Å². The number of rotatable bonds is 6. The first-order chi connectivity index (χ1) is 15.9. The Balaban J connectivity index is 1.52. The Labute approximate surface area is 190 Å². The molecular formula is C25H22N4O4. The number of hydrogen-bond donors (Lipinski definition) is 2. The highest BCUT2D eigenvalue weighted by Gasteiger charge is 2.14. The molecule has 166 valence electrons. The van der Waals surface area contributed by atoms with Gasteiger partial charge in [-0.1, -0.05) is 18.2 Å². The van der Waals surface area contributed by atoms with Crippen LogP contribution in [0.3, 0.4) is 0 Å². The van der Waals surface area contributed by atoms with E-state index in [-0.39, 0.29) is 11.8 Å². The molecule has 0 radical (unpaired) electrons. The van der Waals surface area contributed by atoms with Crippen LogP contribution in [0.2, 0.25) is 0 Å². The molecule has 0 bridgehead atoms. The van der Waals surface area contributed by atoms with Crippen LogP contribution in [0.4, 0.5) is 11.4 Å². The molecule has 0 spiro atoms. The number of aryl methyl sites for hydroxylation is 1. The Kier molecular flexibility index (Phi) is 6.17. The second kappa shape index (κ2) is 9.35. The monoisotopic (exact) mass is 442 g/mol. The van der Waals surface area contributed by atoms with E-state index in [2.05, 4.69) is 20.8 Å². The Hall–Kier alpha value is -4.46. The van der Waals surface area contributed by atoms with Crippen molar-refractivity contribution in [1.82, 2.24) is 10.2 Å². The Bertz CT molecular complexity index is 1310. The van der Waals surface area contributed by atoms with E-state index in [4.69, 9.17) is 9.15 Å². The first-order valence-electron chi connectivity index (χ1n) is 10.2. The van der Waals surface area contributed by atoms with Crippen molar-refractivity contribution in [2.45, 2.75) is 13.8 Å². The van der Waals surface area contributed by atoms with E-state index in [0.717, 1.165) is 11.1 Å². The predicted molar refractivity (Wildman–Crippen MR) is 125 cm³/mol. The highest BCUT2D eigenvalue weighted by molar-refractivity contribution is 6.05. The number of anilines is 2. The van der Waals surface area contributed by atoms with Gasteiger partial charge in [-0.25, -0.2) is 0 Å². The normalized spacial score (nSPS) is 10.5. The molecule has 4 rings (SSSR count). The lowest BCUT2D eigenvalue weighted by atomic mass is 10.1. The van der Waals surface area contributed by atoms with Crippen LogP contribution in [0.15, 0.2) is 71.1 Å². The zero-order valence-electron chi connectivity index (χ0n) is 18.4. The van der Waals surface area contributed by atoms with Crippen LogP contribution in [0.1, 0.15) is 22.8 Å². The highest BCUT2D eigenvalue weighted by atomic mass is 16.5. The average Bonchev–Trinajstić information content (AvgIpc) is 3.29. The summed E-state index contributed by atoms with van der Waals surface area (Å²) in [6.45, 7) is 3.39. The van der Waals surface area contributed by atoms with E-state index in [9.17, 15) is 9.59 Å². The number of ether oxygens (including phenoxy) is 1. The van der Waals surface area contributed by atoms with Crippen molar-refractivity contribution in [2.24, 2.45) is 0 Å². The maximum atomic E-state index is 12.8. The lowest BCUT2D eigenvalue weighted by Crippen LogP contribution is -2.13. The summed E-state index contributed by atoms with van der Waals surface area (Å²) in [7, 11) is 1.51. The molecular weight excluding hydrogens is 420 g/mol. The van der Waals surface area contributed by atoms with Crippen molar-refractivity contribution < 1.29 is 18.7 Å². The lowest BCUT2D eigenvalue weighted by Gasteiger charge is -2.12. The largest absolute Gasteiger partial charge is 0.495 e. The van der Waals surface area contributed by atoms with Crippen molar-refractivity contribution in [3.8, 4) is 28.7 Å². The van der Waals surface area contributed by atoms with E-state index in [1.807, 2.05) is 31.2 Å². The third-order valence-corrected chi connectivity index (χ3v) is 4.96. The second-order valence-corrected chi connectivity index (χ2v) is 7.36. The third-order valence-electron chi connectivity index (χ3n) is 4.96. The van der Waals surface area contributed by atoms with Crippen LogP contribution in [0, 0.1) is 6.92 Å². The first kappa shape index (κ1) is 21.8. The SMILES string of the molecule is COc1ccc(NC(C)=O)cc1NC(=O)c1ccc(-c2nnc(-c3ccccc3C)o2)cc1. The van der Waals surface area contributed by atoms with Gasteiger partial charge in [-0.05, 0) is 61.0 Å². The molecule has 8 heteroatoms. The fourth-order valence-corrected chi connectivity index (χ4v) is 3.31. The number of hydrogen-bond acceptors (Lipinski definition) is 6. The maximum Gasteiger partial charge on any atom is 0.255 e. The van der Waals surface area contributed by atoms with Crippen LogP contribution >= 0.6 is 0 Å². The smallest absolute Gasteiger partial charge is 0.255 e. The Morgan fingerprint density at radius 2 is 1.64 bits per heavy atom. The van der Waals surface area contributed by atoms with Crippen molar-refractivity contribution in [3.63, 3.8) is 0 Å². The van der Waals surface area contributed by atoms with Gasteiger partial charge in [0.05, 0.1) is 12.8 Å². The van der Waals surface area contributed by atoms with Gasteiger partial charge in [-0.3, -0.25) is 9.59 Å². The molecule has 0 saturated heterocycles. The lowest BCUT2D eigenvalue weighted by molar-refractivity contribution is -0.114. The van der Waals surface area contributed by atoms with E-state index in [0.29, 0.717) is 40.0 Å². The Morgan fingerprint density at radius 1 is 0.909 bits per heavy atom. The summed E-state index contributed by atoms with van der Waals surface area (Å²) in [4.78, 5) is 24.1. The summed E-state index contributed by atoms with van der Waals surface area (Å²) in [5.41, 5.74) is 4.04. The number of methoxy groups -OCH3 is 1. The molecule has 2 amide bonds. The molecule has 0 aliphatic carbocycles. The standard InChI is InChI=1S/C25H22N4O4/c1-15-6-4-5-7-20(15)25-29-28-24(33-25)18-10-8-17(9-11-18)23(31)27-21-14-19(26-16(2)30)12-13-22(21)32-3/h4-14H,1-3H3,(H,26,30)(H,27,31). The fraction of sp³-hybridized carbons (Fsp3) is 0.120.